The van der Waals surface area contributed by atoms with Crippen molar-refractivity contribution in [1.29, 1.82) is 0 Å². The number of alkyl halides is 1. The van der Waals surface area contributed by atoms with Crippen LogP contribution in [0.25, 0.3) is 0 Å². The van der Waals surface area contributed by atoms with Crippen LogP contribution in [0.1, 0.15) is 38.3 Å². The zero-order valence-corrected chi connectivity index (χ0v) is 12.9. The third-order valence-corrected chi connectivity index (χ3v) is 2.59. The fourth-order valence-corrected chi connectivity index (χ4v) is 1.69. The number of nitrogens with one attached hydrogen (secondary N) is 1. The zero-order chi connectivity index (χ0) is 15.0. The van der Waals surface area contributed by atoms with E-state index in [9.17, 15) is 4.79 Å². The summed E-state index contributed by atoms with van der Waals surface area (Å²) in [6, 6.07) is 7.76. The Morgan fingerprint density at radius 1 is 1.35 bits per heavy atom. The SMILES string of the molecule is CC(C)(C)OC(=O)NCCC#Cc1ccccc1CCl. The Morgan fingerprint density at radius 2 is 2.05 bits per heavy atom. The molecular formula is C16H20ClNO2. The normalized spacial score (nSPS) is 10.4. The first-order valence-electron chi connectivity index (χ1n) is 6.52. The molecule has 0 radical (unpaired) electrons. The van der Waals surface area contributed by atoms with Crippen LogP contribution in [0.15, 0.2) is 24.3 Å². The van der Waals surface area contributed by atoms with Crippen LogP contribution >= 0.6 is 11.6 Å². The second-order valence-corrected chi connectivity index (χ2v) is 5.54. The lowest BCUT2D eigenvalue weighted by atomic mass is 10.1. The van der Waals surface area contributed by atoms with E-state index in [-0.39, 0.29) is 0 Å². The highest BCUT2D eigenvalue weighted by atomic mass is 35.5. The average Bonchev–Trinajstić information content (AvgIpc) is 2.36. The summed E-state index contributed by atoms with van der Waals surface area (Å²) in [5.74, 6) is 6.52. The van der Waals surface area contributed by atoms with Gasteiger partial charge in [-0.3, -0.25) is 0 Å². The number of carbonyl (C=O) groups is 1. The summed E-state index contributed by atoms with van der Waals surface area (Å²) in [5, 5.41) is 2.66. The molecule has 108 valence electrons. The number of amides is 1. The first-order chi connectivity index (χ1) is 9.42. The monoisotopic (exact) mass is 293 g/mol. The van der Waals surface area contributed by atoms with Crippen molar-refractivity contribution in [2.45, 2.75) is 38.7 Å². The summed E-state index contributed by atoms with van der Waals surface area (Å²) >= 11 is 5.83. The Balaban J connectivity index is 2.39. The van der Waals surface area contributed by atoms with Gasteiger partial charge in [-0.05, 0) is 32.4 Å². The Morgan fingerprint density at radius 3 is 2.70 bits per heavy atom. The molecule has 1 N–H and O–H groups in total. The molecule has 4 heteroatoms. The molecule has 3 nitrogen and oxygen atoms in total. The summed E-state index contributed by atoms with van der Waals surface area (Å²) in [6.07, 6.45) is 0.149. The van der Waals surface area contributed by atoms with Crippen molar-refractivity contribution >= 4 is 17.7 Å². The van der Waals surface area contributed by atoms with Gasteiger partial charge in [-0.2, -0.15) is 0 Å². The number of alkyl carbamates (subject to hydrolysis) is 1. The van der Waals surface area contributed by atoms with Crippen molar-refractivity contribution in [2.75, 3.05) is 6.54 Å². The second-order valence-electron chi connectivity index (χ2n) is 5.27. The zero-order valence-electron chi connectivity index (χ0n) is 12.1. The number of rotatable bonds is 3. The lowest BCUT2D eigenvalue weighted by molar-refractivity contribution is 0.0529. The van der Waals surface area contributed by atoms with E-state index >= 15 is 0 Å². The quantitative estimate of drug-likeness (QED) is 0.524. The van der Waals surface area contributed by atoms with Crippen molar-refractivity contribution in [3.63, 3.8) is 0 Å². The minimum absolute atomic E-state index is 0.416. The molecule has 0 fully saturated rings. The van der Waals surface area contributed by atoms with Crippen LogP contribution in [0.4, 0.5) is 4.79 Å². The molecule has 0 unspecified atom stereocenters. The molecule has 0 saturated carbocycles. The van der Waals surface area contributed by atoms with Crippen LogP contribution < -0.4 is 5.32 Å². The summed E-state index contributed by atoms with van der Waals surface area (Å²) in [6.45, 7) is 5.95. The van der Waals surface area contributed by atoms with Gasteiger partial charge in [0.25, 0.3) is 0 Å². The molecular weight excluding hydrogens is 274 g/mol. The standard InChI is InChI=1S/C16H20ClNO2/c1-16(2,3)20-15(19)18-11-7-6-9-13-8-4-5-10-14(13)12-17/h4-5,8,10H,7,11-12H2,1-3H3,(H,18,19). The molecule has 1 rings (SSSR count). The minimum atomic E-state index is -0.477. The molecule has 0 aromatic heterocycles. The lowest BCUT2D eigenvalue weighted by Crippen LogP contribution is -2.32. The number of hydrogen-bond donors (Lipinski definition) is 1. The first kappa shape index (κ1) is 16.4. The van der Waals surface area contributed by atoms with Crippen LogP contribution in [0.3, 0.4) is 0 Å². The van der Waals surface area contributed by atoms with E-state index in [2.05, 4.69) is 17.2 Å². The van der Waals surface area contributed by atoms with Gasteiger partial charge in [0.1, 0.15) is 5.60 Å². The third-order valence-electron chi connectivity index (χ3n) is 2.30. The lowest BCUT2D eigenvalue weighted by Gasteiger charge is -2.19. The van der Waals surface area contributed by atoms with E-state index < -0.39 is 11.7 Å². The summed E-state index contributed by atoms with van der Waals surface area (Å²) in [5.41, 5.74) is 1.47. The summed E-state index contributed by atoms with van der Waals surface area (Å²) in [7, 11) is 0. The van der Waals surface area contributed by atoms with E-state index in [0.717, 1.165) is 11.1 Å². The molecule has 0 spiro atoms. The topological polar surface area (TPSA) is 38.3 Å². The summed E-state index contributed by atoms with van der Waals surface area (Å²) < 4.78 is 5.12. The van der Waals surface area contributed by atoms with Gasteiger partial charge in [-0.1, -0.05) is 30.0 Å². The van der Waals surface area contributed by atoms with Gasteiger partial charge in [0.2, 0.25) is 0 Å². The Labute approximate surface area is 125 Å². The van der Waals surface area contributed by atoms with Gasteiger partial charge in [0.15, 0.2) is 0 Å². The highest BCUT2D eigenvalue weighted by Gasteiger charge is 2.15. The molecule has 0 aliphatic carbocycles. The van der Waals surface area contributed by atoms with Gasteiger partial charge in [0.05, 0.1) is 0 Å². The van der Waals surface area contributed by atoms with Crippen LogP contribution in [-0.4, -0.2) is 18.2 Å². The van der Waals surface area contributed by atoms with Crippen LogP contribution in [0.2, 0.25) is 0 Å². The number of ether oxygens (including phenoxy) is 1. The molecule has 0 aliphatic heterocycles. The molecule has 0 heterocycles. The maximum absolute atomic E-state index is 11.4. The predicted molar refractivity (Wildman–Crippen MR) is 81.7 cm³/mol. The van der Waals surface area contributed by atoms with Crippen LogP contribution in [0, 0.1) is 11.8 Å². The van der Waals surface area contributed by atoms with Gasteiger partial charge in [-0.15, -0.1) is 11.6 Å². The fourth-order valence-electron chi connectivity index (χ4n) is 1.46. The van der Waals surface area contributed by atoms with Crippen molar-refractivity contribution < 1.29 is 9.53 Å². The van der Waals surface area contributed by atoms with Gasteiger partial charge in [0, 0.05) is 24.4 Å². The van der Waals surface area contributed by atoms with Gasteiger partial charge >= 0.3 is 6.09 Å². The van der Waals surface area contributed by atoms with Crippen LogP contribution in [0.5, 0.6) is 0 Å². The molecule has 0 aliphatic rings. The molecule has 1 amide bonds. The number of halogens is 1. The van der Waals surface area contributed by atoms with Crippen molar-refractivity contribution in [3.05, 3.63) is 35.4 Å². The largest absolute Gasteiger partial charge is 0.444 e. The van der Waals surface area contributed by atoms with E-state index in [1.54, 1.807) is 0 Å². The highest BCUT2D eigenvalue weighted by molar-refractivity contribution is 6.17. The average molecular weight is 294 g/mol. The first-order valence-corrected chi connectivity index (χ1v) is 7.05. The number of benzene rings is 1. The third kappa shape index (κ3) is 6.49. The molecule has 0 saturated heterocycles. The molecule has 0 bridgehead atoms. The van der Waals surface area contributed by atoms with Gasteiger partial charge in [-0.25, -0.2) is 4.79 Å². The van der Waals surface area contributed by atoms with E-state index in [4.69, 9.17) is 16.3 Å². The predicted octanol–water partition coefficient (Wildman–Crippen LogP) is 3.69. The molecule has 1 aromatic carbocycles. The van der Waals surface area contributed by atoms with E-state index in [1.807, 2.05) is 45.0 Å². The van der Waals surface area contributed by atoms with Crippen molar-refractivity contribution in [2.24, 2.45) is 0 Å². The molecule has 20 heavy (non-hydrogen) atoms. The Kier molecular flexibility index (Phi) is 6.41. The Hall–Kier alpha value is -1.66. The molecule has 1 aromatic rings. The maximum Gasteiger partial charge on any atom is 0.407 e. The van der Waals surface area contributed by atoms with E-state index in [0.29, 0.717) is 18.8 Å². The highest BCUT2D eigenvalue weighted by Crippen LogP contribution is 2.09. The maximum atomic E-state index is 11.4. The van der Waals surface area contributed by atoms with Crippen molar-refractivity contribution in [1.82, 2.24) is 5.32 Å². The second kappa shape index (κ2) is 7.81. The summed E-state index contributed by atoms with van der Waals surface area (Å²) in [4.78, 5) is 11.4. The van der Waals surface area contributed by atoms with Crippen LogP contribution in [-0.2, 0) is 10.6 Å². The van der Waals surface area contributed by atoms with Gasteiger partial charge < -0.3 is 10.1 Å². The molecule has 0 atom stereocenters. The van der Waals surface area contributed by atoms with Crippen molar-refractivity contribution in [3.8, 4) is 11.8 Å². The smallest absolute Gasteiger partial charge is 0.407 e. The minimum Gasteiger partial charge on any atom is -0.444 e. The number of carbonyl (C=O) groups excluding carboxylic acids is 1. The van der Waals surface area contributed by atoms with E-state index in [1.165, 1.54) is 0 Å². The fraction of sp³-hybridized carbons (Fsp3) is 0.438. The number of hydrogen-bond acceptors (Lipinski definition) is 2. The Bertz CT molecular complexity index is 509.